The molecule has 6 N–H and O–H groups in total. The van der Waals surface area contributed by atoms with Gasteiger partial charge in [-0.3, -0.25) is 5.10 Å². The molecule has 0 saturated heterocycles. The molecule has 0 saturated carbocycles. The summed E-state index contributed by atoms with van der Waals surface area (Å²) in [7, 11) is 0. The van der Waals surface area contributed by atoms with Crippen molar-refractivity contribution in [2.75, 3.05) is 18.1 Å². The van der Waals surface area contributed by atoms with E-state index in [9.17, 15) is 0 Å². The minimum absolute atomic E-state index is 0.0873. The number of nitrogen functional groups attached to an aromatic ring is 2. The molecule has 2 heterocycles. The van der Waals surface area contributed by atoms with Crippen molar-refractivity contribution < 1.29 is 5.11 Å². The van der Waals surface area contributed by atoms with Crippen molar-refractivity contribution in [3.8, 4) is 11.1 Å². The van der Waals surface area contributed by atoms with Gasteiger partial charge in [0.05, 0.1) is 17.4 Å². The third kappa shape index (κ3) is 2.50. The lowest BCUT2D eigenvalue weighted by Crippen LogP contribution is -2.07. The maximum Gasteiger partial charge on any atom is 0.222 e. The molecule has 3 rings (SSSR count). The summed E-state index contributed by atoms with van der Waals surface area (Å²) in [5.41, 5.74) is 15.1. The molecular formula is C14H16N6O. The van der Waals surface area contributed by atoms with Crippen molar-refractivity contribution in [2.24, 2.45) is 0 Å². The van der Waals surface area contributed by atoms with Gasteiger partial charge in [-0.2, -0.15) is 10.1 Å². The number of hydrogen-bond donors (Lipinski definition) is 4. The molecule has 0 amide bonds. The van der Waals surface area contributed by atoms with Gasteiger partial charge in [-0.25, -0.2) is 4.98 Å². The number of aryl methyl sites for hydroxylation is 1. The Balaban J connectivity index is 2.14. The lowest BCUT2D eigenvalue weighted by Gasteiger charge is -2.12. The van der Waals surface area contributed by atoms with Crippen molar-refractivity contribution in [3.05, 3.63) is 30.1 Å². The molecule has 0 atom stereocenters. The number of nitrogens with two attached hydrogens (primary N) is 2. The molecule has 7 heteroatoms. The van der Waals surface area contributed by atoms with E-state index in [2.05, 4.69) is 20.2 Å². The first-order valence-corrected chi connectivity index (χ1v) is 6.65. The van der Waals surface area contributed by atoms with Crippen molar-refractivity contribution >= 4 is 22.7 Å². The smallest absolute Gasteiger partial charge is 0.222 e. The van der Waals surface area contributed by atoms with Gasteiger partial charge in [0.25, 0.3) is 0 Å². The maximum absolute atomic E-state index is 9.02. The van der Waals surface area contributed by atoms with E-state index in [1.165, 1.54) is 0 Å². The zero-order valence-corrected chi connectivity index (χ0v) is 11.4. The van der Waals surface area contributed by atoms with E-state index in [0.717, 1.165) is 27.7 Å². The fourth-order valence-electron chi connectivity index (χ4n) is 2.39. The number of aliphatic hydroxyl groups excluding tert-OH is 1. The third-order valence-corrected chi connectivity index (χ3v) is 3.33. The van der Waals surface area contributed by atoms with Crippen LogP contribution in [-0.4, -0.2) is 31.9 Å². The zero-order chi connectivity index (χ0) is 14.8. The Bertz CT molecular complexity index is 782. The Hall–Kier alpha value is -2.67. The number of H-pyrrole nitrogens is 1. The Morgan fingerprint density at radius 2 is 2.05 bits per heavy atom. The Labute approximate surface area is 121 Å². The number of fused-ring (bicyclic) bond motifs is 1. The van der Waals surface area contributed by atoms with Crippen LogP contribution in [0.3, 0.4) is 0 Å². The molecule has 2 aromatic heterocycles. The van der Waals surface area contributed by atoms with Gasteiger partial charge in [0.1, 0.15) is 5.82 Å². The van der Waals surface area contributed by atoms with Gasteiger partial charge in [-0.1, -0.05) is 6.07 Å². The van der Waals surface area contributed by atoms with Crippen LogP contribution in [0.4, 0.5) is 11.8 Å². The standard InChI is InChI=1S/C14H16N6O/c15-13-12(11(2-1-5-21)18-14(16)19-13)8-3-4-10-9(6-8)7-17-20-10/h3-4,6-7,21H,1-2,5H2,(H,17,20)(H4,15,16,18,19). The molecule has 21 heavy (non-hydrogen) atoms. The highest BCUT2D eigenvalue weighted by molar-refractivity contribution is 5.87. The number of nitrogens with zero attached hydrogens (tertiary/aromatic N) is 3. The van der Waals surface area contributed by atoms with Crippen molar-refractivity contribution in [3.63, 3.8) is 0 Å². The van der Waals surface area contributed by atoms with Crippen LogP contribution in [0.2, 0.25) is 0 Å². The molecule has 0 spiro atoms. The van der Waals surface area contributed by atoms with Crippen LogP contribution in [0.1, 0.15) is 12.1 Å². The monoisotopic (exact) mass is 284 g/mol. The van der Waals surface area contributed by atoms with Gasteiger partial charge in [0, 0.05) is 17.6 Å². The number of hydrogen-bond acceptors (Lipinski definition) is 6. The summed E-state index contributed by atoms with van der Waals surface area (Å²) in [6.45, 7) is 0.0873. The first kappa shape index (κ1) is 13.3. The molecule has 7 nitrogen and oxygen atoms in total. The van der Waals surface area contributed by atoms with Crippen molar-refractivity contribution in [1.82, 2.24) is 20.2 Å². The van der Waals surface area contributed by atoms with Crippen LogP contribution in [0.5, 0.6) is 0 Å². The summed E-state index contributed by atoms with van der Waals surface area (Å²) in [6.07, 6.45) is 2.93. The van der Waals surface area contributed by atoms with Crippen LogP contribution in [0.15, 0.2) is 24.4 Å². The number of aromatic amines is 1. The second-order valence-electron chi connectivity index (χ2n) is 4.79. The molecular weight excluding hydrogens is 268 g/mol. The van der Waals surface area contributed by atoms with Crippen LogP contribution in [0, 0.1) is 0 Å². The molecule has 0 aliphatic rings. The molecule has 108 valence electrons. The van der Waals surface area contributed by atoms with Crippen LogP contribution >= 0.6 is 0 Å². The number of nitrogens with one attached hydrogen (secondary N) is 1. The molecule has 0 aliphatic heterocycles. The van der Waals surface area contributed by atoms with Gasteiger partial charge in [0.2, 0.25) is 5.95 Å². The summed E-state index contributed by atoms with van der Waals surface area (Å²) in [5, 5.41) is 16.9. The maximum atomic E-state index is 9.02. The minimum atomic E-state index is 0.0873. The molecule has 3 aromatic rings. The molecule has 0 aliphatic carbocycles. The van der Waals surface area contributed by atoms with Gasteiger partial charge in [0.15, 0.2) is 0 Å². The summed E-state index contributed by atoms with van der Waals surface area (Å²) in [6, 6.07) is 5.85. The second kappa shape index (κ2) is 5.37. The summed E-state index contributed by atoms with van der Waals surface area (Å²) >= 11 is 0. The topological polar surface area (TPSA) is 127 Å². The predicted molar refractivity (Wildman–Crippen MR) is 81.4 cm³/mol. The van der Waals surface area contributed by atoms with E-state index >= 15 is 0 Å². The number of aromatic nitrogens is 4. The number of rotatable bonds is 4. The average Bonchev–Trinajstić information content (AvgIpc) is 2.91. The quantitative estimate of drug-likeness (QED) is 0.568. The fraction of sp³-hybridized carbons (Fsp3) is 0.214. The summed E-state index contributed by atoms with van der Waals surface area (Å²) in [4.78, 5) is 8.31. The molecule has 0 fully saturated rings. The largest absolute Gasteiger partial charge is 0.396 e. The van der Waals surface area contributed by atoms with Crippen molar-refractivity contribution in [2.45, 2.75) is 12.8 Å². The first-order valence-electron chi connectivity index (χ1n) is 6.65. The Morgan fingerprint density at radius 3 is 2.86 bits per heavy atom. The third-order valence-electron chi connectivity index (χ3n) is 3.33. The van der Waals surface area contributed by atoms with E-state index in [1.807, 2.05) is 18.2 Å². The van der Waals surface area contributed by atoms with Crippen LogP contribution in [-0.2, 0) is 6.42 Å². The molecule has 0 radical (unpaired) electrons. The minimum Gasteiger partial charge on any atom is -0.396 e. The molecule has 0 unspecified atom stereocenters. The highest BCUT2D eigenvalue weighted by atomic mass is 16.2. The predicted octanol–water partition coefficient (Wildman–Crippen LogP) is 1.11. The number of benzene rings is 1. The van der Waals surface area contributed by atoms with Gasteiger partial charge < -0.3 is 16.6 Å². The number of aliphatic hydroxyl groups is 1. The highest BCUT2D eigenvalue weighted by Crippen LogP contribution is 2.31. The van der Waals surface area contributed by atoms with E-state index in [-0.39, 0.29) is 12.6 Å². The lowest BCUT2D eigenvalue weighted by atomic mass is 10.0. The molecule has 1 aromatic carbocycles. The van der Waals surface area contributed by atoms with Gasteiger partial charge in [-0.05, 0) is 30.5 Å². The fourth-order valence-corrected chi connectivity index (χ4v) is 2.39. The van der Waals surface area contributed by atoms with Crippen LogP contribution < -0.4 is 11.5 Å². The van der Waals surface area contributed by atoms with E-state index in [1.54, 1.807) is 6.20 Å². The highest BCUT2D eigenvalue weighted by Gasteiger charge is 2.14. The second-order valence-corrected chi connectivity index (χ2v) is 4.79. The van der Waals surface area contributed by atoms with E-state index in [0.29, 0.717) is 18.7 Å². The zero-order valence-electron chi connectivity index (χ0n) is 11.4. The van der Waals surface area contributed by atoms with Gasteiger partial charge in [-0.15, -0.1) is 0 Å². The van der Waals surface area contributed by atoms with Crippen LogP contribution in [0.25, 0.3) is 22.0 Å². The first-order chi connectivity index (χ1) is 10.2. The average molecular weight is 284 g/mol. The Morgan fingerprint density at radius 1 is 1.19 bits per heavy atom. The van der Waals surface area contributed by atoms with E-state index < -0.39 is 0 Å². The normalized spacial score (nSPS) is 11.1. The lowest BCUT2D eigenvalue weighted by molar-refractivity contribution is 0.288. The molecule has 0 bridgehead atoms. The Kier molecular flexibility index (Phi) is 3.41. The SMILES string of the molecule is Nc1nc(N)c(-c2ccc3[nH]ncc3c2)c(CCCO)n1. The van der Waals surface area contributed by atoms with Crippen molar-refractivity contribution in [1.29, 1.82) is 0 Å². The van der Waals surface area contributed by atoms with Gasteiger partial charge >= 0.3 is 0 Å². The number of anilines is 2. The summed E-state index contributed by atoms with van der Waals surface area (Å²) < 4.78 is 0. The summed E-state index contributed by atoms with van der Waals surface area (Å²) in [5.74, 6) is 0.492. The van der Waals surface area contributed by atoms with E-state index in [4.69, 9.17) is 16.6 Å².